The highest BCUT2D eigenvalue weighted by Crippen LogP contribution is 2.34. The van der Waals surface area contributed by atoms with Crippen LogP contribution in [0.25, 0.3) is 10.9 Å². The van der Waals surface area contributed by atoms with Gasteiger partial charge in [-0.3, -0.25) is 9.52 Å². The number of aryl methyl sites for hydroxylation is 3. The molecule has 0 spiro atoms. The summed E-state index contributed by atoms with van der Waals surface area (Å²) in [7, 11) is -2.34. The third kappa shape index (κ3) is 3.40. The fourth-order valence-corrected chi connectivity index (χ4v) is 5.39. The molecule has 1 aliphatic rings. The number of nitrogens with one attached hydrogen (secondary N) is 2. The van der Waals surface area contributed by atoms with Crippen molar-refractivity contribution in [3.8, 4) is 5.75 Å². The molecular formula is C22H24N2O4S. The van der Waals surface area contributed by atoms with E-state index in [0.29, 0.717) is 35.4 Å². The molecule has 0 fully saturated rings. The number of benzene rings is 2. The largest absolute Gasteiger partial charge is 0.495 e. The number of anilines is 1. The molecule has 0 bridgehead atoms. The van der Waals surface area contributed by atoms with Crippen LogP contribution in [0.5, 0.6) is 5.75 Å². The predicted molar refractivity (Wildman–Crippen MR) is 113 cm³/mol. The predicted octanol–water partition coefficient (Wildman–Crippen LogP) is 4.37. The highest BCUT2D eigenvalue weighted by atomic mass is 32.2. The number of aromatic amines is 1. The minimum atomic E-state index is -3.85. The van der Waals surface area contributed by atoms with Gasteiger partial charge in [-0.2, -0.15) is 0 Å². The minimum absolute atomic E-state index is 0.123. The lowest BCUT2D eigenvalue weighted by atomic mass is 9.94. The lowest BCUT2D eigenvalue weighted by molar-refractivity contribution is 0.0974. The van der Waals surface area contributed by atoms with Crippen LogP contribution in [-0.4, -0.2) is 26.3 Å². The maximum Gasteiger partial charge on any atom is 0.262 e. The topological polar surface area (TPSA) is 88.3 Å². The van der Waals surface area contributed by atoms with E-state index in [-0.39, 0.29) is 10.7 Å². The van der Waals surface area contributed by atoms with Gasteiger partial charge >= 0.3 is 0 Å². The summed E-state index contributed by atoms with van der Waals surface area (Å²) >= 11 is 0. The first kappa shape index (κ1) is 19.5. The summed E-state index contributed by atoms with van der Waals surface area (Å²) in [4.78, 5) is 15.9. The van der Waals surface area contributed by atoms with E-state index in [9.17, 15) is 13.2 Å². The number of ketones is 1. The average molecular weight is 413 g/mol. The molecule has 0 atom stereocenters. The van der Waals surface area contributed by atoms with Gasteiger partial charge in [0, 0.05) is 28.6 Å². The first-order chi connectivity index (χ1) is 13.8. The van der Waals surface area contributed by atoms with Crippen molar-refractivity contribution in [2.45, 2.75) is 44.4 Å². The van der Waals surface area contributed by atoms with Crippen molar-refractivity contribution in [3.63, 3.8) is 0 Å². The summed E-state index contributed by atoms with van der Waals surface area (Å²) < 4.78 is 34.5. The molecule has 152 valence electrons. The second-order valence-electron chi connectivity index (χ2n) is 7.42. The second kappa shape index (κ2) is 7.22. The summed E-state index contributed by atoms with van der Waals surface area (Å²) in [6, 6.07) is 8.83. The molecule has 0 radical (unpaired) electrons. The molecule has 1 aliphatic carbocycles. The Labute approximate surface area is 170 Å². The quantitative estimate of drug-likeness (QED) is 0.651. The molecule has 1 aromatic heterocycles. The van der Waals surface area contributed by atoms with Gasteiger partial charge in [0.1, 0.15) is 5.75 Å². The average Bonchev–Trinajstić information content (AvgIpc) is 3.05. The van der Waals surface area contributed by atoms with Crippen molar-refractivity contribution in [1.82, 2.24) is 4.98 Å². The highest BCUT2D eigenvalue weighted by Gasteiger charge is 2.26. The highest BCUT2D eigenvalue weighted by molar-refractivity contribution is 7.92. The summed E-state index contributed by atoms with van der Waals surface area (Å²) in [6.45, 7) is 3.80. The Hall–Kier alpha value is -2.80. The van der Waals surface area contributed by atoms with Gasteiger partial charge in [0.2, 0.25) is 0 Å². The number of sulfonamides is 1. The molecule has 0 aliphatic heterocycles. The number of H-pyrrole nitrogens is 1. The Morgan fingerprint density at radius 2 is 1.97 bits per heavy atom. The fraction of sp³-hybridized carbons (Fsp3) is 0.318. The number of Topliss-reactive ketones (excluding diaryl/α,β-unsaturated/α-hetero) is 1. The van der Waals surface area contributed by atoms with Crippen LogP contribution in [0, 0.1) is 6.92 Å². The van der Waals surface area contributed by atoms with Crippen LogP contribution >= 0.6 is 0 Å². The molecule has 4 rings (SSSR count). The van der Waals surface area contributed by atoms with E-state index in [1.165, 1.54) is 7.11 Å². The third-order valence-corrected chi connectivity index (χ3v) is 6.88. The van der Waals surface area contributed by atoms with Crippen molar-refractivity contribution in [3.05, 3.63) is 52.7 Å². The van der Waals surface area contributed by atoms with Crippen molar-refractivity contribution < 1.29 is 17.9 Å². The first-order valence-corrected chi connectivity index (χ1v) is 11.2. The van der Waals surface area contributed by atoms with Crippen LogP contribution in [0.15, 0.2) is 35.2 Å². The number of fused-ring (bicyclic) bond motifs is 3. The van der Waals surface area contributed by atoms with Crippen LogP contribution in [-0.2, 0) is 22.9 Å². The zero-order chi connectivity index (χ0) is 20.8. The smallest absolute Gasteiger partial charge is 0.262 e. The van der Waals surface area contributed by atoms with Gasteiger partial charge in [0.15, 0.2) is 5.78 Å². The molecule has 0 amide bonds. The van der Waals surface area contributed by atoms with Crippen LogP contribution < -0.4 is 9.46 Å². The molecule has 3 aromatic rings. The Bertz CT molecular complexity index is 1230. The summed E-state index contributed by atoms with van der Waals surface area (Å²) in [5, 5.41) is 0.814. The standard InChI is InChI=1S/C22H24N2O4S/c1-4-14-11-15-17(23-16-6-5-7-19(25)22(15)16)12-21(14)29(26,27)24-18-10-13(2)8-9-20(18)28-3/h8-12,23-24H,4-7H2,1-3H3. The van der Waals surface area contributed by atoms with Crippen molar-refractivity contribution >= 4 is 32.4 Å². The molecule has 0 saturated heterocycles. The maximum atomic E-state index is 13.3. The van der Waals surface area contributed by atoms with Crippen LogP contribution in [0.1, 0.15) is 46.9 Å². The lowest BCUT2D eigenvalue weighted by Crippen LogP contribution is -2.16. The van der Waals surface area contributed by atoms with Gasteiger partial charge in [-0.25, -0.2) is 8.42 Å². The summed E-state index contributed by atoms with van der Waals surface area (Å²) in [5.74, 6) is 0.581. The van der Waals surface area contributed by atoms with Crippen LogP contribution in [0.4, 0.5) is 5.69 Å². The Balaban J connectivity index is 1.84. The van der Waals surface area contributed by atoms with E-state index in [2.05, 4.69) is 9.71 Å². The molecule has 29 heavy (non-hydrogen) atoms. The van der Waals surface area contributed by atoms with Gasteiger partial charge < -0.3 is 9.72 Å². The van der Waals surface area contributed by atoms with E-state index in [1.54, 1.807) is 18.2 Å². The lowest BCUT2D eigenvalue weighted by Gasteiger charge is -2.15. The zero-order valence-electron chi connectivity index (χ0n) is 16.8. The molecule has 7 heteroatoms. The Morgan fingerprint density at radius 3 is 2.69 bits per heavy atom. The molecular weight excluding hydrogens is 388 g/mol. The molecule has 0 saturated carbocycles. The van der Waals surface area contributed by atoms with Gasteiger partial charge in [-0.1, -0.05) is 13.0 Å². The molecule has 2 N–H and O–H groups in total. The maximum absolute atomic E-state index is 13.3. The number of rotatable bonds is 5. The van der Waals surface area contributed by atoms with Gasteiger partial charge in [0.25, 0.3) is 10.0 Å². The number of ether oxygens (including phenoxy) is 1. The number of hydrogen-bond donors (Lipinski definition) is 2. The Kier molecular flexibility index (Phi) is 4.86. The number of aromatic nitrogens is 1. The SMILES string of the molecule is CCc1cc2c3c([nH]c2cc1S(=O)(=O)Nc1cc(C)ccc1OC)CCCC3=O. The zero-order valence-corrected chi connectivity index (χ0v) is 17.6. The normalized spacial score (nSPS) is 14.1. The minimum Gasteiger partial charge on any atom is -0.495 e. The number of carbonyl (C=O) groups is 1. The van der Waals surface area contributed by atoms with E-state index in [4.69, 9.17) is 4.74 Å². The molecule has 0 unspecified atom stereocenters. The van der Waals surface area contributed by atoms with Gasteiger partial charge in [-0.15, -0.1) is 0 Å². The number of methoxy groups -OCH3 is 1. The van der Waals surface area contributed by atoms with Gasteiger partial charge in [-0.05, 0) is 61.6 Å². The number of hydrogen-bond acceptors (Lipinski definition) is 4. The molecule has 1 heterocycles. The summed E-state index contributed by atoms with van der Waals surface area (Å²) in [5.41, 5.74) is 4.30. The van der Waals surface area contributed by atoms with Crippen molar-refractivity contribution in [1.29, 1.82) is 0 Å². The van der Waals surface area contributed by atoms with Crippen molar-refractivity contribution in [2.24, 2.45) is 0 Å². The number of carbonyl (C=O) groups excluding carboxylic acids is 1. The summed E-state index contributed by atoms with van der Waals surface area (Å²) in [6.07, 6.45) is 2.69. The molecule has 2 aromatic carbocycles. The molecule has 6 nitrogen and oxygen atoms in total. The van der Waals surface area contributed by atoms with E-state index < -0.39 is 10.0 Å². The monoisotopic (exact) mass is 412 g/mol. The second-order valence-corrected chi connectivity index (χ2v) is 9.07. The fourth-order valence-electron chi connectivity index (χ4n) is 4.01. The van der Waals surface area contributed by atoms with E-state index in [0.717, 1.165) is 35.0 Å². The third-order valence-electron chi connectivity index (χ3n) is 5.44. The van der Waals surface area contributed by atoms with Crippen molar-refractivity contribution in [2.75, 3.05) is 11.8 Å². The van der Waals surface area contributed by atoms with Crippen LogP contribution in [0.2, 0.25) is 0 Å². The Morgan fingerprint density at radius 1 is 1.17 bits per heavy atom. The van der Waals surface area contributed by atoms with E-state index in [1.807, 2.05) is 26.0 Å². The first-order valence-electron chi connectivity index (χ1n) is 9.72. The van der Waals surface area contributed by atoms with Gasteiger partial charge in [0.05, 0.1) is 17.7 Å². The van der Waals surface area contributed by atoms with E-state index >= 15 is 0 Å². The van der Waals surface area contributed by atoms with Crippen LogP contribution in [0.3, 0.4) is 0 Å².